The largest absolute Gasteiger partial charge is 0.462 e. The molecule has 0 N–H and O–H groups in total. The molecular weight excluding hydrogens is 290 g/mol. The third-order valence-corrected chi connectivity index (χ3v) is 3.61. The molecule has 0 saturated carbocycles. The van der Waals surface area contributed by atoms with E-state index in [-0.39, 0.29) is 5.97 Å². The number of carbonyl (C=O) groups is 1. The Bertz CT molecular complexity index is 834. The SMILES string of the molecule is CCOC(=O)c1cnc2ccc(N(C)c3ccncc3)cc2c1. The summed E-state index contributed by atoms with van der Waals surface area (Å²) in [5, 5.41) is 0.897. The second-order valence-corrected chi connectivity index (χ2v) is 5.09. The van der Waals surface area contributed by atoms with Gasteiger partial charge in [0.25, 0.3) is 0 Å². The van der Waals surface area contributed by atoms with Crippen LogP contribution in [0.1, 0.15) is 17.3 Å². The van der Waals surface area contributed by atoms with Crippen molar-refractivity contribution in [3.05, 3.63) is 60.6 Å². The lowest BCUT2D eigenvalue weighted by atomic mass is 10.1. The molecule has 0 saturated heterocycles. The molecule has 3 aromatic rings. The van der Waals surface area contributed by atoms with Crippen molar-refractivity contribution in [3.63, 3.8) is 0 Å². The fraction of sp³-hybridized carbons (Fsp3) is 0.167. The second-order valence-electron chi connectivity index (χ2n) is 5.09. The third-order valence-electron chi connectivity index (χ3n) is 3.61. The van der Waals surface area contributed by atoms with Crippen molar-refractivity contribution in [1.29, 1.82) is 0 Å². The van der Waals surface area contributed by atoms with Crippen LogP contribution in [0.5, 0.6) is 0 Å². The highest BCUT2D eigenvalue weighted by Crippen LogP contribution is 2.26. The first-order chi connectivity index (χ1) is 11.2. The topological polar surface area (TPSA) is 55.3 Å². The van der Waals surface area contributed by atoms with Crippen LogP contribution >= 0.6 is 0 Å². The minimum absolute atomic E-state index is 0.349. The predicted octanol–water partition coefficient (Wildman–Crippen LogP) is 3.57. The highest BCUT2D eigenvalue weighted by Gasteiger charge is 2.10. The van der Waals surface area contributed by atoms with Crippen LogP contribution in [-0.2, 0) is 4.74 Å². The first-order valence-corrected chi connectivity index (χ1v) is 7.39. The van der Waals surface area contributed by atoms with Crippen molar-refractivity contribution in [3.8, 4) is 0 Å². The molecule has 2 heterocycles. The van der Waals surface area contributed by atoms with Crippen molar-refractivity contribution >= 4 is 28.2 Å². The number of aromatic nitrogens is 2. The lowest BCUT2D eigenvalue weighted by molar-refractivity contribution is 0.0526. The highest BCUT2D eigenvalue weighted by atomic mass is 16.5. The zero-order chi connectivity index (χ0) is 16.2. The minimum atomic E-state index is -0.352. The van der Waals surface area contributed by atoms with E-state index < -0.39 is 0 Å². The fourth-order valence-corrected chi connectivity index (χ4v) is 2.37. The average Bonchev–Trinajstić information content (AvgIpc) is 2.61. The lowest BCUT2D eigenvalue weighted by Crippen LogP contribution is -2.09. The molecule has 5 nitrogen and oxygen atoms in total. The maximum atomic E-state index is 11.8. The summed E-state index contributed by atoms with van der Waals surface area (Å²) in [6.45, 7) is 2.13. The van der Waals surface area contributed by atoms with Gasteiger partial charge in [-0.3, -0.25) is 9.97 Å². The number of rotatable bonds is 4. The van der Waals surface area contributed by atoms with Crippen LogP contribution in [0.2, 0.25) is 0 Å². The number of anilines is 2. The van der Waals surface area contributed by atoms with Gasteiger partial charge in [0.1, 0.15) is 0 Å². The van der Waals surface area contributed by atoms with E-state index in [0.717, 1.165) is 22.3 Å². The number of carbonyl (C=O) groups excluding carboxylic acids is 1. The molecule has 0 radical (unpaired) electrons. The van der Waals surface area contributed by atoms with Gasteiger partial charge in [0.15, 0.2) is 0 Å². The molecule has 1 aromatic carbocycles. The van der Waals surface area contributed by atoms with Crippen LogP contribution in [0.4, 0.5) is 11.4 Å². The molecule has 0 bridgehead atoms. The number of pyridine rings is 2. The van der Waals surface area contributed by atoms with E-state index in [2.05, 4.69) is 14.9 Å². The van der Waals surface area contributed by atoms with E-state index in [1.54, 1.807) is 25.5 Å². The molecule has 3 rings (SSSR count). The quantitative estimate of drug-likeness (QED) is 0.690. The summed E-state index contributed by atoms with van der Waals surface area (Å²) in [7, 11) is 1.99. The Labute approximate surface area is 134 Å². The molecule has 0 aliphatic rings. The monoisotopic (exact) mass is 307 g/mol. The van der Waals surface area contributed by atoms with E-state index in [0.29, 0.717) is 12.2 Å². The molecule has 0 spiro atoms. The van der Waals surface area contributed by atoms with Gasteiger partial charge in [-0.25, -0.2) is 4.79 Å². The highest BCUT2D eigenvalue weighted by molar-refractivity contribution is 5.94. The summed E-state index contributed by atoms with van der Waals surface area (Å²) < 4.78 is 5.03. The number of benzene rings is 1. The van der Waals surface area contributed by atoms with E-state index >= 15 is 0 Å². The molecule has 0 fully saturated rings. The van der Waals surface area contributed by atoms with Gasteiger partial charge >= 0.3 is 5.97 Å². The number of nitrogens with zero attached hydrogens (tertiary/aromatic N) is 3. The van der Waals surface area contributed by atoms with Crippen LogP contribution in [-0.4, -0.2) is 29.6 Å². The Morgan fingerprint density at radius 3 is 2.65 bits per heavy atom. The number of ether oxygens (including phenoxy) is 1. The van der Waals surface area contributed by atoms with Crippen LogP contribution < -0.4 is 4.90 Å². The molecule has 23 heavy (non-hydrogen) atoms. The van der Waals surface area contributed by atoms with E-state index in [9.17, 15) is 4.79 Å². The molecular formula is C18H17N3O2. The molecule has 0 aliphatic heterocycles. The summed E-state index contributed by atoms with van der Waals surface area (Å²) in [5.74, 6) is -0.352. The molecule has 0 aliphatic carbocycles. The van der Waals surface area contributed by atoms with Gasteiger partial charge in [0, 0.05) is 42.4 Å². The summed E-state index contributed by atoms with van der Waals surface area (Å²) in [5.41, 5.74) is 3.34. The van der Waals surface area contributed by atoms with Crippen LogP contribution in [0.3, 0.4) is 0 Å². The third kappa shape index (κ3) is 3.13. The second kappa shape index (κ2) is 6.44. The van der Waals surface area contributed by atoms with Crippen molar-refractivity contribution in [2.45, 2.75) is 6.92 Å². The minimum Gasteiger partial charge on any atom is -0.462 e. The molecule has 116 valence electrons. The molecule has 0 amide bonds. The number of hydrogen-bond donors (Lipinski definition) is 0. The van der Waals surface area contributed by atoms with Gasteiger partial charge in [0.05, 0.1) is 17.7 Å². The number of fused-ring (bicyclic) bond motifs is 1. The first kappa shape index (κ1) is 15.0. The Morgan fingerprint density at radius 1 is 1.13 bits per heavy atom. The van der Waals surface area contributed by atoms with Crippen LogP contribution in [0.25, 0.3) is 10.9 Å². The zero-order valence-corrected chi connectivity index (χ0v) is 13.1. The van der Waals surface area contributed by atoms with Gasteiger partial charge in [-0.15, -0.1) is 0 Å². The fourth-order valence-electron chi connectivity index (χ4n) is 2.37. The van der Waals surface area contributed by atoms with Crippen molar-refractivity contribution < 1.29 is 9.53 Å². The standard InChI is InChI=1S/C18H17N3O2/c1-3-23-18(22)14-10-13-11-16(4-5-17(13)20-12-14)21(2)15-6-8-19-9-7-15/h4-12H,3H2,1-2H3. The summed E-state index contributed by atoms with van der Waals surface area (Å²) in [6.07, 6.45) is 5.06. The molecule has 5 heteroatoms. The van der Waals surface area contributed by atoms with E-state index in [1.807, 2.05) is 43.4 Å². The van der Waals surface area contributed by atoms with Crippen LogP contribution in [0.15, 0.2) is 55.0 Å². The molecule has 0 unspecified atom stereocenters. The van der Waals surface area contributed by atoms with Crippen molar-refractivity contribution in [1.82, 2.24) is 9.97 Å². The van der Waals surface area contributed by atoms with Gasteiger partial charge in [-0.1, -0.05) is 0 Å². The summed E-state index contributed by atoms with van der Waals surface area (Å²) >= 11 is 0. The van der Waals surface area contributed by atoms with Gasteiger partial charge in [0.2, 0.25) is 0 Å². The van der Waals surface area contributed by atoms with E-state index in [4.69, 9.17) is 4.74 Å². The van der Waals surface area contributed by atoms with E-state index in [1.165, 1.54) is 0 Å². The maximum absolute atomic E-state index is 11.8. The summed E-state index contributed by atoms with van der Waals surface area (Å²) in [4.78, 5) is 22.3. The van der Waals surface area contributed by atoms with Crippen molar-refractivity contribution in [2.24, 2.45) is 0 Å². The van der Waals surface area contributed by atoms with Crippen molar-refractivity contribution in [2.75, 3.05) is 18.6 Å². The van der Waals surface area contributed by atoms with Crippen LogP contribution in [0, 0.1) is 0 Å². The normalized spacial score (nSPS) is 10.5. The number of esters is 1. The first-order valence-electron chi connectivity index (χ1n) is 7.39. The smallest absolute Gasteiger partial charge is 0.339 e. The predicted molar refractivity (Wildman–Crippen MR) is 90.0 cm³/mol. The Morgan fingerprint density at radius 2 is 1.91 bits per heavy atom. The number of hydrogen-bond acceptors (Lipinski definition) is 5. The Kier molecular flexibility index (Phi) is 4.19. The Balaban J connectivity index is 1.98. The summed E-state index contributed by atoms with van der Waals surface area (Å²) in [6, 6.07) is 11.6. The van der Waals surface area contributed by atoms with Gasteiger partial charge in [-0.2, -0.15) is 0 Å². The van der Waals surface area contributed by atoms with Gasteiger partial charge in [-0.05, 0) is 43.3 Å². The van der Waals surface area contributed by atoms with Gasteiger partial charge < -0.3 is 9.64 Å². The lowest BCUT2D eigenvalue weighted by Gasteiger charge is -2.19. The molecule has 2 aromatic heterocycles. The zero-order valence-electron chi connectivity index (χ0n) is 13.1. The maximum Gasteiger partial charge on any atom is 0.339 e. The molecule has 0 atom stereocenters. The average molecular weight is 307 g/mol. The Hall–Kier alpha value is -2.95.